The Morgan fingerprint density at radius 3 is 3.00 bits per heavy atom. The summed E-state index contributed by atoms with van der Waals surface area (Å²) >= 11 is 0. The van der Waals surface area contributed by atoms with Crippen LogP contribution in [0.25, 0.3) is 0 Å². The molecule has 2 aromatic rings. The maximum absolute atomic E-state index is 5.77. The van der Waals surface area contributed by atoms with Gasteiger partial charge in [0.05, 0.1) is 24.5 Å². The van der Waals surface area contributed by atoms with E-state index >= 15 is 0 Å². The van der Waals surface area contributed by atoms with E-state index in [4.69, 9.17) is 10.5 Å². The SMILES string of the molecule is CCOc1nc(NC(C)c2cn[nH]c2)ccc1N. The third kappa shape index (κ3) is 2.71. The molecule has 0 spiro atoms. The van der Waals surface area contributed by atoms with Crippen molar-refractivity contribution in [1.29, 1.82) is 0 Å². The number of nitrogens with two attached hydrogens (primary N) is 1. The number of hydrogen-bond acceptors (Lipinski definition) is 5. The number of rotatable bonds is 5. The van der Waals surface area contributed by atoms with Crippen LogP contribution in [-0.4, -0.2) is 21.8 Å². The van der Waals surface area contributed by atoms with E-state index in [0.717, 1.165) is 11.4 Å². The van der Waals surface area contributed by atoms with Gasteiger partial charge in [0.2, 0.25) is 5.88 Å². The van der Waals surface area contributed by atoms with Crippen LogP contribution in [-0.2, 0) is 0 Å². The lowest BCUT2D eigenvalue weighted by atomic mass is 10.2. The maximum Gasteiger partial charge on any atom is 0.239 e. The minimum atomic E-state index is 0.106. The van der Waals surface area contributed by atoms with Gasteiger partial charge in [-0.25, -0.2) is 0 Å². The fourth-order valence-electron chi connectivity index (χ4n) is 1.59. The number of nitrogen functional groups attached to an aromatic ring is 1. The smallest absolute Gasteiger partial charge is 0.239 e. The first-order valence-corrected chi connectivity index (χ1v) is 5.85. The Balaban J connectivity index is 2.12. The van der Waals surface area contributed by atoms with Gasteiger partial charge < -0.3 is 15.8 Å². The van der Waals surface area contributed by atoms with Gasteiger partial charge in [0, 0.05) is 11.8 Å². The lowest BCUT2D eigenvalue weighted by Gasteiger charge is -2.14. The molecule has 2 rings (SSSR count). The fraction of sp³-hybridized carbons (Fsp3) is 0.333. The summed E-state index contributed by atoms with van der Waals surface area (Å²) in [5.74, 6) is 1.18. The number of anilines is 2. The molecule has 1 unspecified atom stereocenters. The molecule has 0 radical (unpaired) electrons. The zero-order valence-electron chi connectivity index (χ0n) is 10.5. The zero-order valence-corrected chi connectivity index (χ0v) is 10.5. The van der Waals surface area contributed by atoms with E-state index < -0.39 is 0 Å². The predicted molar refractivity (Wildman–Crippen MR) is 70.4 cm³/mol. The van der Waals surface area contributed by atoms with E-state index in [-0.39, 0.29) is 6.04 Å². The van der Waals surface area contributed by atoms with Gasteiger partial charge in [-0.2, -0.15) is 10.1 Å². The van der Waals surface area contributed by atoms with Crippen LogP contribution in [0.3, 0.4) is 0 Å². The number of aromatic nitrogens is 3. The maximum atomic E-state index is 5.77. The number of nitrogens with one attached hydrogen (secondary N) is 2. The van der Waals surface area contributed by atoms with Crippen LogP contribution in [0.15, 0.2) is 24.5 Å². The lowest BCUT2D eigenvalue weighted by Crippen LogP contribution is -2.08. The monoisotopic (exact) mass is 247 g/mol. The molecule has 0 saturated heterocycles. The van der Waals surface area contributed by atoms with E-state index in [2.05, 4.69) is 20.5 Å². The van der Waals surface area contributed by atoms with Crippen molar-refractivity contribution in [1.82, 2.24) is 15.2 Å². The first-order valence-electron chi connectivity index (χ1n) is 5.85. The normalized spacial score (nSPS) is 12.1. The van der Waals surface area contributed by atoms with Gasteiger partial charge in [-0.3, -0.25) is 5.10 Å². The highest BCUT2D eigenvalue weighted by molar-refractivity contribution is 5.54. The molecule has 2 heterocycles. The van der Waals surface area contributed by atoms with Crippen molar-refractivity contribution in [2.45, 2.75) is 19.9 Å². The largest absolute Gasteiger partial charge is 0.476 e. The van der Waals surface area contributed by atoms with Gasteiger partial charge in [-0.1, -0.05) is 0 Å². The number of nitrogens with zero attached hydrogens (tertiary/aromatic N) is 2. The third-order valence-corrected chi connectivity index (χ3v) is 2.55. The number of pyridine rings is 1. The van der Waals surface area contributed by atoms with Crippen LogP contribution in [0.2, 0.25) is 0 Å². The molecule has 6 nitrogen and oxygen atoms in total. The molecule has 4 N–H and O–H groups in total. The Hall–Kier alpha value is -2.24. The summed E-state index contributed by atoms with van der Waals surface area (Å²) in [7, 11) is 0. The van der Waals surface area contributed by atoms with E-state index in [0.29, 0.717) is 18.2 Å². The number of ether oxygens (including phenoxy) is 1. The van der Waals surface area contributed by atoms with Crippen molar-refractivity contribution in [2.24, 2.45) is 0 Å². The van der Waals surface area contributed by atoms with Gasteiger partial charge in [0.25, 0.3) is 0 Å². The van der Waals surface area contributed by atoms with Crippen molar-refractivity contribution in [3.05, 3.63) is 30.1 Å². The summed E-state index contributed by atoms with van der Waals surface area (Å²) in [4.78, 5) is 4.32. The van der Waals surface area contributed by atoms with Gasteiger partial charge in [-0.05, 0) is 26.0 Å². The zero-order chi connectivity index (χ0) is 13.0. The topological polar surface area (TPSA) is 88.8 Å². The highest BCUT2D eigenvalue weighted by Crippen LogP contribution is 2.23. The van der Waals surface area contributed by atoms with Crippen molar-refractivity contribution >= 4 is 11.5 Å². The number of H-pyrrole nitrogens is 1. The van der Waals surface area contributed by atoms with E-state index in [1.807, 2.05) is 26.1 Å². The van der Waals surface area contributed by atoms with Crippen LogP contribution in [0, 0.1) is 0 Å². The Bertz CT molecular complexity index is 497. The first kappa shape index (κ1) is 12.2. The molecule has 1 atom stereocenters. The summed E-state index contributed by atoms with van der Waals surface area (Å²) in [5, 5.41) is 9.96. The average molecular weight is 247 g/mol. The van der Waals surface area contributed by atoms with Crippen molar-refractivity contribution in [2.75, 3.05) is 17.7 Å². The average Bonchev–Trinajstić information content (AvgIpc) is 2.87. The molecule has 0 aliphatic rings. The van der Waals surface area contributed by atoms with Gasteiger partial charge in [-0.15, -0.1) is 0 Å². The third-order valence-electron chi connectivity index (χ3n) is 2.55. The molecule has 0 aliphatic carbocycles. The molecule has 18 heavy (non-hydrogen) atoms. The van der Waals surface area contributed by atoms with Gasteiger partial charge in [0.1, 0.15) is 5.82 Å². The Kier molecular flexibility index (Phi) is 3.66. The van der Waals surface area contributed by atoms with Crippen molar-refractivity contribution < 1.29 is 4.74 Å². The summed E-state index contributed by atoms with van der Waals surface area (Å²) in [6.07, 6.45) is 3.62. The molecule has 0 fully saturated rings. The summed E-state index contributed by atoms with van der Waals surface area (Å²) in [6, 6.07) is 3.71. The molecular weight excluding hydrogens is 230 g/mol. The Morgan fingerprint density at radius 2 is 2.33 bits per heavy atom. The van der Waals surface area contributed by atoms with E-state index in [1.165, 1.54) is 0 Å². The molecule has 0 bridgehead atoms. The van der Waals surface area contributed by atoms with Crippen LogP contribution < -0.4 is 15.8 Å². The van der Waals surface area contributed by atoms with Crippen LogP contribution >= 0.6 is 0 Å². The second-order valence-corrected chi connectivity index (χ2v) is 3.92. The minimum Gasteiger partial charge on any atom is -0.476 e. The molecule has 0 saturated carbocycles. The summed E-state index contributed by atoms with van der Waals surface area (Å²) < 4.78 is 5.35. The molecule has 96 valence electrons. The quantitative estimate of drug-likeness (QED) is 0.751. The second kappa shape index (κ2) is 5.39. The molecule has 2 aromatic heterocycles. The van der Waals surface area contributed by atoms with E-state index in [1.54, 1.807) is 12.3 Å². The Morgan fingerprint density at radius 1 is 1.50 bits per heavy atom. The molecule has 0 aliphatic heterocycles. The highest BCUT2D eigenvalue weighted by Gasteiger charge is 2.09. The fourth-order valence-corrected chi connectivity index (χ4v) is 1.59. The molecule has 0 aromatic carbocycles. The first-order chi connectivity index (χ1) is 8.70. The van der Waals surface area contributed by atoms with Gasteiger partial charge in [0.15, 0.2) is 0 Å². The molecular formula is C12H17N5O. The number of aromatic amines is 1. The lowest BCUT2D eigenvalue weighted by molar-refractivity contribution is 0.329. The van der Waals surface area contributed by atoms with Gasteiger partial charge >= 0.3 is 0 Å². The van der Waals surface area contributed by atoms with Crippen LogP contribution in [0.4, 0.5) is 11.5 Å². The predicted octanol–water partition coefficient (Wildman–Crippen LogP) is 1.96. The standard InChI is InChI=1S/C12H17N5O/c1-3-18-12-10(13)4-5-11(17-12)16-8(2)9-6-14-15-7-9/h4-8H,3,13H2,1-2H3,(H,14,15)(H,16,17). The highest BCUT2D eigenvalue weighted by atomic mass is 16.5. The minimum absolute atomic E-state index is 0.106. The number of hydrogen-bond donors (Lipinski definition) is 3. The Labute approximate surface area is 106 Å². The van der Waals surface area contributed by atoms with E-state index in [9.17, 15) is 0 Å². The van der Waals surface area contributed by atoms with Crippen molar-refractivity contribution in [3.63, 3.8) is 0 Å². The second-order valence-electron chi connectivity index (χ2n) is 3.92. The summed E-state index contributed by atoms with van der Waals surface area (Å²) in [6.45, 7) is 4.47. The van der Waals surface area contributed by atoms with Crippen LogP contribution in [0.5, 0.6) is 5.88 Å². The van der Waals surface area contributed by atoms with Crippen LogP contribution in [0.1, 0.15) is 25.5 Å². The molecule has 6 heteroatoms. The van der Waals surface area contributed by atoms with Crippen molar-refractivity contribution in [3.8, 4) is 5.88 Å². The molecule has 0 amide bonds. The summed E-state index contributed by atoms with van der Waals surface area (Å²) in [5.41, 5.74) is 7.37.